The molecule has 2 amide bonds. The maximum atomic E-state index is 15.1. The molecule has 206 valence electrons. The Bertz CT molecular complexity index is 1370. The average Bonchev–Trinajstić information content (AvgIpc) is 2.89. The van der Waals surface area contributed by atoms with E-state index in [2.05, 4.69) is 25.9 Å². The highest BCUT2D eigenvalue weighted by Gasteiger charge is 2.27. The number of nitrogens with one attached hydrogen (secondary N) is 3. The van der Waals surface area contributed by atoms with Crippen molar-refractivity contribution >= 4 is 35.1 Å². The smallest absolute Gasteiger partial charge is 0.404 e. The van der Waals surface area contributed by atoms with Gasteiger partial charge in [0.25, 0.3) is 5.91 Å². The van der Waals surface area contributed by atoms with E-state index in [1.54, 1.807) is 4.90 Å². The molecular weight excluding hydrogens is 519 g/mol. The molecule has 0 saturated carbocycles. The number of amides is 2. The van der Waals surface area contributed by atoms with Gasteiger partial charge in [0.15, 0.2) is 23.3 Å². The predicted octanol–water partition coefficient (Wildman–Crippen LogP) is 3.38. The van der Waals surface area contributed by atoms with Gasteiger partial charge < -0.3 is 36.4 Å². The maximum Gasteiger partial charge on any atom is 0.404 e. The van der Waals surface area contributed by atoms with E-state index in [0.29, 0.717) is 26.3 Å². The van der Waals surface area contributed by atoms with Gasteiger partial charge in [-0.25, -0.2) is 27.9 Å². The van der Waals surface area contributed by atoms with Crippen LogP contribution in [0.2, 0.25) is 0 Å². The molecule has 1 saturated heterocycles. The summed E-state index contributed by atoms with van der Waals surface area (Å²) < 4.78 is 49.8. The first-order chi connectivity index (χ1) is 18.6. The second-order valence-electron chi connectivity index (χ2n) is 8.71. The lowest BCUT2D eigenvalue weighted by atomic mass is 9.99. The quantitative estimate of drug-likeness (QED) is 0.272. The number of hydrogen-bond donors (Lipinski definition) is 5. The van der Waals surface area contributed by atoms with Gasteiger partial charge in [0, 0.05) is 24.7 Å². The molecule has 4 rings (SSSR count). The fraction of sp³-hybridized carbons (Fsp3) is 0.280. The summed E-state index contributed by atoms with van der Waals surface area (Å²) in [6.45, 7) is 3.27. The minimum Gasteiger partial charge on any atom is -0.465 e. The number of carbonyl (C=O) groups excluding carboxylic acids is 1. The van der Waals surface area contributed by atoms with E-state index in [1.165, 1.54) is 37.4 Å². The van der Waals surface area contributed by atoms with Crippen molar-refractivity contribution in [3.63, 3.8) is 0 Å². The number of aromatic nitrogens is 2. The molecule has 39 heavy (non-hydrogen) atoms. The van der Waals surface area contributed by atoms with Gasteiger partial charge in [-0.3, -0.25) is 4.79 Å². The van der Waals surface area contributed by atoms with Gasteiger partial charge in [-0.1, -0.05) is 18.2 Å². The molecule has 0 spiro atoms. The second-order valence-corrected chi connectivity index (χ2v) is 8.71. The highest BCUT2D eigenvalue weighted by molar-refractivity contribution is 5.98. The molecule has 11 nitrogen and oxygen atoms in total. The van der Waals surface area contributed by atoms with Crippen LogP contribution in [-0.4, -0.2) is 59.4 Å². The van der Waals surface area contributed by atoms with Gasteiger partial charge in [-0.2, -0.15) is 0 Å². The van der Waals surface area contributed by atoms with E-state index in [-0.39, 0.29) is 28.5 Å². The number of carboxylic acid groups (broad SMARTS) is 1. The Labute approximate surface area is 221 Å². The van der Waals surface area contributed by atoms with Crippen molar-refractivity contribution in [2.45, 2.75) is 19.0 Å². The lowest BCUT2D eigenvalue weighted by Gasteiger charge is -2.28. The van der Waals surface area contributed by atoms with Gasteiger partial charge in [-0.15, -0.1) is 0 Å². The van der Waals surface area contributed by atoms with E-state index >= 15 is 4.39 Å². The van der Waals surface area contributed by atoms with E-state index in [0.717, 1.165) is 12.1 Å². The molecule has 0 unspecified atom stereocenters. The number of hydrogen-bond acceptors (Lipinski definition) is 8. The summed E-state index contributed by atoms with van der Waals surface area (Å²) in [5, 5.41) is 16.8. The number of primary amides is 1. The number of ether oxygens (including phenoxy) is 1. The third-order valence-electron chi connectivity index (χ3n) is 6.02. The largest absolute Gasteiger partial charge is 0.465 e. The second kappa shape index (κ2) is 11.9. The van der Waals surface area contributed by atoms with Crippen molar-refractivity contribution < 1.29 is 32.6 Å². The zero-order valence-corrected chi connectivity index (χ0v) is 20.7. The zero-order chi connectivity index (χ0) is 28.1. The summed E-state index contributed by atoms with van der Waals surface area (Å²) in [5.74, 6) is -3.86. The van der Waals surface area contributed by atoms with Crippen LogP contribution in [-0.2, 0) is 4.74 Å². The Morgan fingerprint density at radius 3 is 2.44 bits per heavy atom. The Hall–Kier alpha value is -4.59. The van der Waals surface area contributed by atoms with Crippen LogP contribution in [0, 0.1) is 17.5 Å². The average molecular weight is 546 g/mol. The summed E-state index contributed by atoms with van der Waals surface area (Å²) in [4.78, 5) is 33.3. The number of rotatable bonds is 9. The van der Waals surface area contributed by atoms with Crippen molar-refractivity contribution in [3.05, 3.63) is 71.2 Å². The van der Waals surface area contributed by atoms with Crippen LogP contribution in [0.25, 0.3) is 0 Å². The first-order valence-corrected chi connectivity index (χ1v) is 11.9. The predicted molar refractivity (Wildman–Crippen MR) is 137 cm³/mol. The molecule has 0 bridgehead atoms. The summed E-state index contributed by atoms with van der Waals surface area (Å²) in [6, 6.07) is 5.48. The molecule has 14 heteroatoms. The number of nitrogens with two attached hydrogens (primary N) is 1. The third kappa shape index (κ3) is 6.46. The molecular formula is C25H26F3N7O4. The van der Waals surface area contributed by atoms with Crippen molar-refractivity contribution in [2.75, 3.05) is 41.8 Å². The van der Waals surface area contributed by atoms with Crippen LogP contribution in [0.4, 0.5) is 41.1 Å². The number of halogens is 3. The van der Waals surface area contributed by atoms with Crippen LogP contribution < -0.4 is 26.6 Å². The number of pyridine rings is 2. The summed E-state index contributed by atoms with van der Waals surface area (Å²) in [7, 11) is 0. The zero-order valence-electron chi connectivity index (χ0n) is 20.7. The van der Waals surface area contributed by atoms with E-state index in [4.69, 9.17) is 10.5 Å². The molecule has 1 fully saturated rings. The van der Waals surface area contributed by atoms with Gasteiger partial charge in [0.05, 0.1) is 42.7 Å². The summed E-state index contributed by atoms with van der Waals surface area (Å²) in [6.07, 6.45) is -0.0572. The molecule has 1 aliphatic rings. The highest BCUT2D eigenvalue weighted by Crippen LogP contribution is 2.30. The van der Waals surface area contributed by atoms with E-state index < -0.39 is 47.4 Å². The minimum absolute atomic E-state index is 0.0402. The molecule has 6 N–H and O–H groups in total. The Kier molecular flexibility index (Phi) is 8.34. The maximum absolute atomic E-state index is 15.1. The van der Waals surface area contributed by atoms with Crippen LogP contribution >= 0.6 is 0 Å². The first-order valence-electron chi connectivity index (χ1n) is 11.9. The first kappa shape index (κ1) is 27.4. The van der Waals surface area contributed by atoms with Crippen molar-refractivity contribution in [1.29, 1.82) is 0 Å². The number of nitrogens with zero attached hydrogens (tertiary/aromatic N) is 3. The van der Waals surface area contributed by atoms with Gasteiger partial charge >= 0.3 is 6.09 Å². The normalized spacial score (nSPS) is 14.8. The summed E-state index contributed by atoms with van der Waals surface area (Å²) >= 11 is 0. The van der Waals surface area contributed by atoms with E-state index in [9.17, 15) is 23.5 Å². The van der Waals surface area contributed by atoms with Crippen molar-refractivity contribution in [2.24, 2.45) is 5.73 Å². The minimum atomic E-state index is -1.37. The number of benzene rings is 1. The van der Waals surface area contributed by atoms with Crippen LogP contribution in [0.15, 0.2) is 42.6 Å². The Morgan fingerprint density at radius 1 is 1.08 bits per heavy atom. The molecule has 0 radical (unpaired) electrons. The molecule has 1 aliphatic heterocycles. The standard InChI is InChI=1S/C25H26F3N7O4/c1-13(31-25(37)38)20(15-4-2-3-5-17(15)26)33-23-18(27)11-16(21(29)36)22(34-23)32-14-10-19(28)24(30-12-14)35-6-8-39-9-7-35/h2-5,10-13,20,31H,6-9H2,1H3,(H2,29,36)(H,37,38)(H2,32,33,34)/t13-,20+/m0/s1. The molecule has 3 heterocycles. The van der Waals surface area contributed by atoms with Crippen LogP contribution in [0.3, 0.4) is 0 Å². The Morgan fingerprint density at radius 2 is 1.79 bits per heavy atom. The van der Waals surface area contributed by atoms with Crippen LogP contribution in [0.5, 0.6) is 0 Å². The van der Waals surface area contributed by atoms with Crippen LogP contribution in [0.1, 0.15) is 28.9 Å². The fourth-order valence-corrected chi connectivity index (χ4v) is 4.14. The number of carbonyl (C=O) groups is 2. The lowest BCUT2D eigenvalue weighted by molar-refractivity contribution is 0.1000. The third-order valence-corrected chi connectivity index (χ3v) is 6.02. The number of anilines is 4. The van der Waals surface area contributed by atoms with Gasteiger partial charge in [0.2, 0.25) is 0 Å². The van der Waals surface area contributed by atoms with Crippen molar-refractivity contribution in [1.82, 2.24) is 15.3 Å². The Balaban J connectivity index is 1.67. The molecule has 2 atom stereocenters. The molecule has 2 aromatic heterocycles. The SMILES string of the molecule is C[C@H](NC(=O)O)[C@@H](Nc1nc(Nc2cnc(N3CCOCC3)c(F)c2)c(C(N)=O)cc1F)c1ccccc1F. The highest BCUT2D eigenvalue weighted by atomic mass is 19.1. The summed E-state index contributed by atoms with van der Waals surface area (Å²) in [5.41, 5.74) is 5.22. The topological polar surface area (TPSA) is 155 Å². The van der Waals surface area contributed by atoms with Gasteiger partial charge in [0.1, 0.15) is 11.6 Å². The fourth-order valence-electron chi connectivity index (χ4n) is 4.14. The number of morpholine rings is 1. The van der Waals surface area contributed by atoms with Crippen molar-refractivity contribution in [3.8, 4) is 0 Å². The lowest BCUT2D eigenvalue weighted by Crippen LogP contribution is -2.39. The van der Waals surface area contributed by atoms with Gasteiger partial charge in [-0.05, 0) is 19.1 Å². The molecule has 0 aliphatic carbocycles. The monoisotopic (exact) mass is 545 g/mol. The molecule has 1 aromatic carbocycles. The molecule has 3 aromatic rings. The van der Waals surface area contributed by atoms with E-state index in [1.807, 2.05) is 0 Å².